The SMILES string of the molecule is COc1ncccc1C(=O)N1CCO[C@@H](c2nnc(C(C)C)o2)C1. The summed E-state index contributed by atoms with van der Waals surface area (Å²) in [5.41, 5.74) is 0.425. The van der Waals surface area contributed by atoms with E-state index in [0.29, 0.717) is 42.9 Å². The predicted octanol–water partition coefficient (Wildman–Crippen LogP) is 1.81. The van der Waals surface area contributed by atoms with E-state index in [2.05, 4.69) is 15.2 Å². The van der Waals surface area contributed by atoms with E-state index in [1.807, 2.05) is 13.8 Å². The number of rotatable bonds is 4. The van der Waals surface area contributed by atoms with E-state index in [1.165, 1.54) is 7.11 Å². The van der Waals surface area contributed by atoms with Crippen LogP contribution in [0.1, 0.15) is 48.0 Å². The molecule has 1 aliphatic rings. The van der Waals surface area contributed by atoms with Crippen molar-refractivity contribution in [1.82, 2.24) is 20.1 Å². The number of aromatic nitrogens is 3. The first kappa shape index (κ1) is 16.4. The molecule has 1 fully saturated rings. The topological polar surface area (TPSA) is 90.6 Å². The lowest BCUT2D eigenvalue weighted by Gasteiger charge is -2.31. The van der Waals surface area contributed by atoms with Crippen LogP contribution in [0.15, 0.2) is 22.7 Å². The van der Waals surface area contributed by atoms with E-state index < -0.39 is 6.10 Å². The van der Waals surface area contributed by atoms with E-state index in [1.54, 1.807) is 23.2 Å². The van der Waals surface area contributed by atoms with Crippen LogP contribution in [-0.4, -0.2) is 52.8 Å². The van der Waals surface area contributed by atoms with Crippen molar-refractivity contribution >= 4 is 5.91 Å². The molecule has 0 bridgehead atoms. The monoisotopic (exact) mass is 332 g/mol. The quantitative estimate of drug-likeness (QED) is 0.843. The standard InChI is InChI=1S/C16H20N4O4/c1-10(2)13-18-19-15(24-13)12-9-20(7-8-23-12)16(21)11-5-4-6-17-14(11)22-3/h4-6,10,12H,7-9H2,1-3H3/t12-/m1/s1. The summed E-state index contributed by atoms with van der Waals surface area (Å²) in [5, 5.41) is 8.06. The normalized spacial score (nSPS) is 18.0. The first-order valence-corrected chi connectivity index (χ1v) is 7.83. The van der Waals surface area contributed by atoms with Crippen molar-refractivity contribution in [2.75, 3.05) is 26.8 Å². The summed E-state index contributed by atoms with van der Waals surface area (Å²) in [7, 11) is 1.49. The van der Waals surface area contributed by atoms with Gasteiger partial charge in [0.25, 0.3) is 5.91 Å². The highest BCUT2D eigenvalue weighted by atomic mass is 16.5. The maximum Gasteiger partial charge on any atom is 0.259 e. The van der Waals surface area contributed by atoms with E-state index in [-0.39, 0.29) is 11.8 Å². The van der Waals surface area contributed by atoms with Gasteiger partial charge in [0.05, 0.1) is 20.3 Å². The summed E-state index contributed by atoms with van der Waals surface area (Å²) in [6, 6.07) is 3.41. The minimum absolute atomic E-state index is 0.146. The van der Waals surface area contributed by atoms with Crippen molar-refractivity contribution in [3.63, 3.8) is 0 Å². The summed E-state index contributed by atoms with van der Waals surface area (Å²) in [6.07, 6.45) is 1.16. The van der Waals surface area contributed by atoms with Gasteiger partial charge in [-0.15, -0.1) is 10.2 Å². The maximum absolute atomic E-state index is 12.8. The number of methoxy groups -OCH3 is 1. The van der Waals surface area contributed by atoms with Gasteiger partial charge in [0.2, 0.25) is 17.7 Å². The number of morpholine rings is 1. The minimum atomic E-state index is -0.426. The van der Waals surface area contributed by atoms with E-state index in [4.69, 9.17) is 13.9 Å². The number of amides is 1. The smallest absolute Gasteiger partial charge is 0.259 e. The van der Waals surface area contributed by atoms with Crippen molar-refractivity contribution in [3.8, 4) is 5.88 Å². The highest BCUT2D eigenvalue weighted by Gasteiger charge is 2.31. The summed E-state index contributed by atoms with van der Waals surface area (Å²) >= 11 is 0. The molecule has 0 aromatic carbocycles. The van der Waals surface area contributed by atoms with Crippen LogP contribution < -0.4 is 4.74 Å². The predicted molar refractivity (Wildman–Crippen MR) is 83.8 cm³/mol. The second-order valence-corrected chi connectivity index (χ2v) is 5.80. The number of carbonyl (C=O) groups excluding carboxylic acids is 1. The van der Waals surface area contributed by atoms with Crippen molar-refractivity contribution in [1.29, 1.82) is 0 Å². The van der Waals surface area contributed by atoms with Crippen LogP contribution in [0.3, 0.4) is 0 Å². The number of carbonyl (C=O) groups is 1. The van der Waals surface area contributed by atoms with Gasteiger partial charge in [-0.25, -0.2) is 4.98 Å². The summed E-state index contributed by atoms with van der Waals surface area (Å²) < 4.78 is 16.5. The summed E-state index contributed by atoms with van der Waals surface area (Å²) in [4.78, 5) is 18.5. The van der Waals surface area contributed by atoms with Crippen LogP contribution >= 0.6 is 0 Å². The minimum Gasteiger partial charge on any atom is -0.480 e. The molecule has 24 heavy (non-hydrogen) atoms. The molecule has 1 atom stereocenters. The Morgan fingerprint density at radius 1 is 1.42 bits per heavy atom. The Bertz CT molecular complexity index is 716. The van der Waals surface area contributed by atoms with E-state index in [9.17, 15) is 4.79 Å². The molecule has 0 N–H and O–H groups in total. The molecule has 0 spiro atoms. The number of pyridine rings is 1. The van der Waals surface area contributed by atoms with Crippen LogP contribution in [0, 0.1) is 0 Å². The third-order valence-electron chi connectivity index (χ3n) is 3.77. The average Bonchev–Trinajstić information content (AvgIpc) is 3.11. The lowest BCUT2D eigenvalue weighted by atomic mass is 10.2. The Balaban J connectivity index is 1.76. The molecule has 8 heteroatoms. The van der Waals surface area contributed by atoms with Gasteiger partial charge in [0.15, 0.2) is 6.10 Å². The molecule has 0 unspecified atom stereocenters. The zero-order chi connectivity index (χ0) is 17.1. The molecule has 2 aromatic rings. The van der Waals surface area contributed by atoms with Gasteiger partial charge >= 0.3 is 0 Å². The zero-order valence-electron chi connectivity index (χ0n) is 13.9. The molecule has 0 aliphatic carbocycles. The Labute approximate surface area is 139 Å². The van der Waals surface area contributed by atoms with Crippen molar-refractivity contribution < 1.29 is 18.7 Å². The van der Waals surface area contributed by atoms with Crippen molar-refractivity contribution in [3.05, 3.63) is 35.7 Å². The third kappa shape index (κ3) is 3.23. The van der Waals surface area contributed by atoms with Crippen LogP contribution in [0.25, 0.3) is 0 Å². The molecular formula is C16H20N4O4. The number of hydrogen-bond acceptors (Lipinski definition) is 7. The first-order valence-electron chi connectivity index (χ1n) is 7.83. The molecule has 3 heterocycles. The summed E-state index contributed by atoms with van der Waals surface area (Å²) in [5.74, 6) is 1.26. The van der Waals surface area contributed by atoms with Gasteiger partial charge in [-0.2, -0.15) is 0 Å². The molecule has 8 nitrogen and oxygen atoms in total. The fourth-order valence-electron chi connectivity index (χ4n) is 2.48. The fraction of sp³-hybridized carbons (Fsp3) is 0.500. The largest absolute Gasteiger partial charge is 0.480 e. The zero-order valence-corrected chi connectivity index (χ0v) is 13.9. The van der Waals surface area contributed by atoms with Crippen LogP contribution in [-0.2, 0) is 4.74 Å². The Morgan fingerprint density at radius 2 is 2.25 bits per heavy atom. The Kier molecular flexibility index (Phi) is 4.75. The van der Waals surface area contributed by atoms with Gasteiger partial charge in [-0.1, -0.05) is 13.8 Å². The molecule has 1 aliphatic heterocycles. The van der Waals surface area contributed by atoms with Crippen LogP contribution in [0.5, 0.6) is 5.88 Å². The molecule has 1 amide bonds. The van der Waals surface area contributed by atoms with Gasteiger partial charge in [-0.05, 0) is 12.1 Å². The lowest BCUT2D eigenvalue weighted by molar-refractivity contribution is -0.0352. The molecule has 128 valence electrons. The molecule has 0 saturated carbocycles. The fourth-order valence-corrected chi connectivity index (χ4v) is 2.48. The Morgan fingerprint density at radius 3 is 2.96 bits per heavy atom. The molecular weight excluding hydrogens is 312 g/mol. The average molecular weight is 332 g/mol. The van der Waals surface area contributed by atoms with Gasteiger partial charge in [-0.3, -0.25) is 4.79 Å². The van der Waals surface area contributed by atoms with Gasteiger partial charge in [0.1, 0.15) is 5.56 Å². The Hall–Kier alpha value is -2.48. The summed E-state index contributed by atoms with van der Waals surface area (Å²) in [6.45, 7) is 5.18. The highest BCUT2D eigenvalue weighted by molar-refractivity contribution is 5.96. The molecule has 2 aromatic heterocycles. The second kappa shape index (κ2) is 6.96. The molecule has 1 saturated heterocycles. The second-order valence-electron chi connectivity index (χ2n) is 5.80. The van der Waals surface area contributed by atoms with Gasteiger partial charge < -0.3 is 18.8 Å². The van der Waals surface area contributed by atoms with Crippen molar-refractivity contribution in [2.24, 2.45) is 0 Å². The molecule has 0 radical (unpaired) electrons. The first-order chi connectivity index (χ1) is 11.6. The number of nitrogens with zero attached hydrogens (tertiary/aromatic N) is 4. The van der Waals surface area contributed by atoms with E-state index >= 15 is 0 Å². The third-order valence-corrected chi connectivity index (χ3v) is 3.77. The van der Waals surface area contributed by atoms with Crippen LogP contribution in [0.4, 0.5) is 0 Å². The number of hydrogen-bond donors (Lipinski definition) is 0. The lowest BCUT2D eigenvalue weighted by Crippen LogP contribution is -2.42. The maximum atomic E-state index is 12.8. The highest BCUT2D eigenvalue weighted by Crippen LogP contribution is 2.25. The van der Waals surface area contributed by atoms with Gasteiger partial charge in [0, 0.05) is 18.7 Å². The van der Waals surface area contributed by atoms with Crippen molar-refractivity contribution in [2.45, 2.75) is 25.9 Å². The molecule has 3 rings (SSSR count). The number of ether oxygens (including phenoxy) is 2. The van der Waals surface area contributed by atoms with Crippen LogP contribution in [0.2, 0.25) is 0 Å². The van der Waals surface area contributed by atoms with E-state index in [0.717, 1.165) is 0 Å².